The van der Waals surface area contributed by atoms with Gasteiger partial charge in [-0.25, -0.2) is 9.97 Å². The van der Waals surface area contributed by atoms with Crippen molar-refractivity contribution in [1.82, 2.24) is 15.0 Å². The highest BCUT2D eigenvalue weighted by Crippen LogP contribution is 2.33. The van der Waals surface area contributed by atoms with Crippen molar-refractivity contribution in [3.05, 3.63) is 78.4 Å². The summed E-state index contributed by atoms with van der Waals surface area (Å²) in [6.07, 6.45) is 1.80. The molecule has 2 aromatic carbocycles. The molecule has 0 saturated heterocycles. The summed E-state index contributed by atoms with van der Waals surface area (Å²) in [5, 5.41) is 4.49. The lowest BCUT2D eigenvalue weighted by molar-refractivity contribution is 1.01. The first kappa shape index (κ1) is 17.9. The Bertz CT molecular complexity index is 1090. The Hall–Kier alpha value is -3.47. The maximum absolute atomic E-state index is 4.69. The number of pyridine rings is 1. The molecule has 0 fully saturated rings. The minimum Gasteiger partial charge on any atom is -0.378 e. The molecule has 28 heavy (non-hydrogen) atoms. The second-order valence-electron chi connectivity index (χ2n) is 6.94. The third-order valence-corrected chi connectivity index (χ3v) is 4.69. The van der Waals surface area contributed by atoms with Crippen molar-refractivity contribution in [2.75, 3.05) is 24.3 Å². The van der Waals surface area contributed by atoms with E-state index in [1.807, 2.05) is 51.4 Å². The number of aromatic nitrogens is 3. The highest BCUT2D eigenvalue weighted by atomic mass is 15.1. The highest BCUT2D eigenvalue weighted by molar-refractivity contribution is 6.01. The van der Waals surface area contributed by atoms with E-state index in [-0.39, 0.29) is 0 Å². The van der Waals surface area contributed by atoms with Crippen LogP contribution in [0.5, 0.6) is 0 Å². The zero-order valence-corrected chi connectivity index (χ0v) is 16.3. The van der Waals surface area contributed by atoms with E-state index < -0.39 is 0 Å². The van der Waals surface area contributed by atoms with Crippen molar-refractivity contribution < 1.29 is 0 Å². The smallest absolute Gasteiger partial charge is 0.138 e. The average molecular weight is 369 g/mol. The molecule has 5 nitrogen and oxygen atoms in total. The fourth-order valence-corrected chi connectivity index (χ4v) is 3.28. The molecule has 5 heteroatoms. The lowest BCUT2D eigenvalue weighted by atomic mass is 10.00. The molecule has 0 aliphatic carbocycles. The quantitative estimate of drug-likeness (QED) is 0.554. The molecule has 0 amide bonds. The number of anilines is 2. The molecular weight excluding hydrogens is 346 g/mol. The van der Waals surface area contributed by atoms with E-state index in [4.69, 9.17) is 4.98 Å². The Morgan fingerprint density at radius 3 is 2.43 bits per heavy atom. The Balaban J connectivity index is 1.78. The standard InChI is InChI=1S/C23H23N5/c1-16-26-21-9-6-8-20(17-10-12-19(13-11-17)28(2)3)22(21)23(27-16)25-15-18-7-4-5-14-24-18/h4-14H,15H2,1-3H3,(H,25,26,27). The summed E-state index contributed by atoms with van der Waals surface area (Å²) < 4.78 is 0. The van der Waals surface area contributed by atoms with Crippen molar-refractivity contribution in [2.45, 2.75) is 13.5 Å². The predicted octanol–water partition coefficient (Wildman–Crippen LogP) is 4.68. The summed E-state index contributed by atoms with van der Waals surface area (Å²) >= 11 is 0. The number of rotatable bonds is 5. The third kappa shape index (κ3) is 3.64. The molecule has 0 spiro atoms. The predicted molar refractivity (Wildman–Crippen MR) is 116 cm³/mol. The molecule has 2 heterocycles. The lowest BCUT2D eigenvalue weighted by Gasteiger charge is -2.15. The first-order chi connectivity index (χ1) is 13.6. The fraction of sp³-hybridized carbons (Fsp3) is 0.174. The number of hydrogen-bond donors (Lipinski definition) is 1. The van der Waals surface area contributed by atoms with E-state index in [1.54, 1.807) is 6.20 Å². The molecule has 0 bridgehead atoms. The minimum atomic E-state index is 0.611. The zero-order valence-electron chi connectivity index (χ0n) is 16.3. The van der Waals surface area contributed by atoms with Gasteiger partial charge in [-0.15, -0.1) is 0 Å². The summed E-state index contributed by atoms with van der Waals surface area (Å²) in [6, 6.07) is 20.7. The maximum Gasteiger partial charge on any atom is 0.138 e. The van der Waals surface area contributed by atoms with E-state index in [2.05, 4.69) is 50.5 Å². The molecular formula is C23H23N5. The largest absolute Gasteiger partial charge is 0.378 e. The van der Waals surface area contributed by atoms with E-state index in [0.717, 1.165) is 39.4 Å². The summed E-state index contributed by atoms with van der Waals surface area (Å²) in [6.45, 7) is 2.53. The molecule has 0 unspecified atom stereocenters. The van der Waals surface area contributed by atoms with Gasteiger partial charge in [-0.05, 0) is 48.4 Å². The van der Waals surface area contributed by atoms with Gasteiger partial charge in [0.05, 0.1) is 23.1 Å². The van der Waals surface area contributed by atoms with Crippen molar-refractivity contribution in [3.63, 3.8) is 0 Å². The molecule has 1 N–H and O–H groups in total. The number of fused-ring (bicyclic) bond motifs is 1. The normalized spacial score (nSPS) is 10.8. The average Bonchev–Trinajstić information content (AvgIpc) is 2.72. The van der Waals surface area contributed by atoms with Gasteiger partial charge in [-0.3, -0.25) is 4.98 Å². The summed E-state index contributed by atoms with van der Waals surface area (Å²) in [7, 11) is 4.09. The molecule has 0 atom stereocenters. The Labute approximate surface area is 165 Å². The van der Waals surface area contributed by atoms with Crippen LogP contribution in [-0.4, -0.2) is 29.0 Å². The number of aryl methyl sites for hydroxylation is 1. The van der Waals surface area contributed by atoms with Crippen LogP contribution in [0.1, 0.15) is 11.5 Å². The second-order valence-corrected chi connectivity index (χ2v) is 6.94. The van der Waals surface area contributed by atoms with Crippen LogP contribution in [0.2, 0.25) is 0 Å². The molecule has 0 saturated carbocycles. The van der Waals surface area contributed by atoms with Gasteiger partial charge in [-0.2, -0.15) is 0 Å². The fourth-order valence-electron chi connectivity index (χ4n) is 3.28. The van der Waals surface area contributed by atoms with Crippen molar-refractivity contribution in [1.29, 1.82) is 0 Å². The first-order valence-corrected chi connectivity index (χ1v) is 9.31. The molecule has 0 aliphatic rings. The van der Waals surface area contributed by atoms with Gasteiger partial charge in [-0.1, -0.05) is 30.3 Å². The Morgan fingerprint density at radius 1 is 0.893 bits per heavy atom. The van der Waals surface area contributed by atoms with Gasteiger partial charge in [0.2, 0.25) is 0 Å². The van der Waals surface area contributed by atoms with Crippen LogP contribution in [-0.2, 0) is 6.54 Å². The minimum absolute atomic E-state index is 0.611. The summed E-state index contributed by atoms with van der Waals surface area (Å²) in [5.41, 5.74) is 5.34. The first-order valence-electron chi connectivity index (χ1n) is 9.31. The second kappa shape index (κ2) is 7.64. The molecule has 140 valence electrons. The van der Waals surface area contributed by atoms with Crippen LogP contribution in [0, 0.1) is 6.92 Å². The molecule has 0 radical (unpaired) electrons. The summed E-state index contributed by atoms with van der Waals surface area (Å²) in [4.78, 5) is 15.8. The van der Waals surface area contributed by atoms with Crippen LogP contribution < -0.4 is 10.2 Å². The van der Waals surface area contributed by atoms with E-state index >= 15 is 0 Å². The number of hydrogen-bond acceptors (Lipinski definition) is 5. The van der Waals surface area contributed by atoms with E-state index in [1.165, 1.54) is 5.69 Å². The highest BCUT2D eigenvalue weighted by Gasteiger charge is 2.12. The van der Waals surface area contributed by atoms with Crippen LogP contribution in [0.4, 0.5) is 11.5 Å². The number of benzene rings is 2. The van der Waals surface area contributed by atoms with Gasteiger partial charge >= 0.3 is 0 Å². The molecule has 2 aromatic heterocycles. The van der Waals surface area contributed by atoms with Gasteiger partial charge in [0.15, 0.2) is 0 Å². The van der Waals surface area contributed by atoms with Crippen molar-refractivity contribution in [3.8, 4) is 11.1 Å². The zero-order chi connectivity index (χ0) is 19.5. The van der Waals surface area contributed by atoms with Gasteiger partial charge in [0.1, 0.15) is 11.6 Å². The monoisotopic (exact) mass is 369 g/mol. The number of nitrogens with zero attached hydrogens (tertiary/aromatic N) is 4. The topological polar surface area (TPSA) is 53.9 Å². The number of nitrogens with one attached hydrogen (secondary N) is 1. The third-order valence-electron chi connectivity index (χ3n) is 4.69. The molecule has 4 aromatic rings. The van der Waals surface area contributed by atoms with Crippen LogP contribution in [0.3, 0.4) is 0 Å². The van der Waals surface area contributed by atoms with E-state index in [0.29, 0.717) is 6.54 Å². The SMILES string of the molecule is Cc1nc(NCc2ccccn2)c2c(-c3ccc(N(C)C)cc3)cccc2n1. The van der Waals surface area contributed by atoms with Crippen LogP contribution >= 0.6 is 0 Å². The Kier molecular flexibility index (Phi) is 4.89. The lowest BCUT2D eigenvalue weighted by Crippen LogP contribution is -2.08. The molecule has 0 aliphatic heterocycles. The van der Waals surface area contributed by atoms with Gasteiger partial charge in [0.25, 0.3) is 0 Å². The van der Waals surface area contributed by atoms with Crippen molar-refractivity contribution in [2.24, 2.45) is 0 Å². The summed E-state index contributed by atoms with van der Waals surface area (Å²) in [5.74, 6) is 1.58. The maximum atomic E-state index is 4.69. The van der Waals surface area contributed by atoms with Crippen molar-refractivity contribution >= 4 is 22.4 Å². The van der Waals surface area contributed by atoms with Crippen LogP contribution in [0.15, 0.2) is 66.9 Å². The van der Waals surface area contributed by atoms with Gasteiger partial charge < -0.3 is 10.2 Å². The van der Waals surface area contributed by atoms with Crippen LogP contribution in [0.25, 0.3) is 22.0 Å². The Morgan fingerprint density at radius 2 is 1.71 bits per heavy atom. The van der Waals surface area contributed by atoms with E-state index in [9.17, 15) is 0 Å². The molecule has 4 rings (SSSR count). The van der Waals surface area contributed by atoms with Gasteiger partial charge in [0, 0.05) is 26.0 Å².